The second-order valence-corrected chi connectivity index (χ2v) is 5.73. The van der Waals surface area contributed by atoms with Crippen molar-refractivity contribution in [2.45, 2.75) is 13.5 Å². The zero-order valence-electron chi connectivity index (χ0n) is 13.5. The quantitative estimate of drug-likeness (QED) is 0.735. The third-order valence-electron chi connectivity index (χ3n) is 3.96. The molecular formula is C18H22N4O. The molecule has 2 heterocycles. The van der Waals surface area contributed by atoms with Crippen LogP contribution in [-0.2, 0) is 6.54 Å². The molecule has 0 saturated heterocycles. The molecule has 5 nitrogen and oxygen atoms in total. The minimum atomic E-state index is 0.157. The number of aliphatic hydroxyl groups is 1. The van der Waals surface area contributed by atoms with E-state index in [0.29, 0.717) is 6.54 Å². The summed E-state index contributed by atoms with van der Waals surface area (Å²) in [6.45, 7) is 3.58. The summed E-state index contributed by atoms with van der Waals surface area (Å²) in [4.78, 5) is 6.47. The van der Waals surface area contributed by atoms with Gasteiger partial charge in [-0.05, 0) is 48.9 Å². The lowest BCUT2D eigenvalue weighted by atomic mass is 10.2. The average molecular weight is 310 g/mol. The van der Waals surface area contributed by atoms with Gasteiger partial charge >= 0.3 is 0 Å². The monoisotopic (exact) mass is 310 g/mol. The van der Waals surface area contributed by atoms with E-state index in [-0.39, 0.29) is 6.61 Å². The Morgan fingerprint density at radius 1 is 1.22 bits per heavy atom. The molecular weight excluding hydrogens is 288 g/mol. The van der Waals surface area contributed by atoms with Gasteiger partial charge in [0, 0.05) is 31.2 Å². The maximum atomic E-state index is 8.98. The van der Waals surface area contributed by atoms with Crippen molar-refractivity contribution in [3.63, 3.8) is 0 Å². The first-order valence-electron chi connectivity index (χ1n) is 7.76. The predicted molar refractivity (Wildman–Crippen MR) is 94.1 cm³/mol. The molecule has 0 aliphatic carbocycles. The fraction of sp³-hybridized carbons (Fsp3) is 0.278. The highest BCUT2D eigenvalue weighted by Crippen LogP contribution is 2.17. The van der Waals surface area contributed by atoms with E-state index >= 15 is 0 Å². The standard InChI is InChI=1S/C18H22N4O/c1-14-7-8-22-17(13-20-18(22)11-14)12-19-15-3-5-16(6-4-15)21(2)9-10-23/h3-8,11,13,19,23H,9-10,12H2,1-2H3. The van der Waals surface area contributed by atoms with Crippen LogP contribution in [0.4, 0.5) is 11.4 Å². The minimum absolute atomic E-state index is 0.157. The summed E-state index contributed by atoms with van der Waals surface area (Å²) in [6, 6.07) is 12.4. The first-order chi connectivity index (χ1) is 11.2. The lowest BCUT2D eigenvalue weighted by molar-refractivity contribution is 0.304. The SMILES string of the molecule is Cc1ccn2c(CNc3ccc(N(C)CCO)cc3)cnc2c1. The smallest absolute Gasteiger partial charge is 0.137 e. The number of nitrogens with one attached hydrogen (secondary N) is 1. The number of rotatable bonds is 6. The molecule has 0 unspecified atom stereocenters. The molecule has 23 heavy (non-hydrogen) atoms. The first-order valence-corrected chi connectivity index (χ1v) is 7.76. The molecule has 0 aliphatic heterocycles. The fourth-order valence-electron chi connectivity index (χ4n) is 2.57. The predicted octanol–water partition coefficient (Wildman–Crippen LogP) is 2.68. The number of aryl methyl sites for hydroxylation is 1. The second-order valence-electron chi connectivity index (χ2n) is 5.73. The van der Waals surface area contributed by atoms with Crippen molar-refractivity contribution in [2.75, 3.05) is 30.4 Å². The van der Waals surface area contributed by atoms with Crippen LogP contribution in [0.5, 0.6) is 0 Å². The van der Waals surface area contributed by atoms with Gasteiger partial charge in [0.25, 0.3) is 0 Å². The Morgan fingerprint density at radius 3 is 2.74 bits per heavy atom. The number of hydrogen-bond donors (Lipinski definition) is 2. The summed E-state index contributed by atoms with van der Waals surface area (Å²) in [5, 5.41) is 12.4. The van der Waals surface area contributed by atoms with Gasteiger partial charge in [0.15, 0.2) is 0 Å². The molecule has 0 aliphatic rings. The van der Waals surface area contributed by atoms with E-state index < -0.39 is 0 Å². The molecule has 120 valence electrons. The van der Waals surface area contributed by atoms with Crippen molar-refractivity contribution in [1.82, 2.24) is 9.38 Å². The number of aliphatic hydroxyl groups excluding tert-OH is 1. The lowest BCUT2D eigenvalue weighted by Crippen LogP contribution is -2.20. The van der Waals surface area contributed by atoms with Gasteiger partial charge in [-0.25, -0.2) is 4.98 Å². The van der Waals surface area contributed by atoms with E-state index in [4.69, 9.17) is 5.11 Å². The van der Waals surface area contributed by atoms with Crippen LogP contribution in [-0.4, -0.2) is 34.7 Å². The third kappa shape index (κ3) is 3.46. The molecule has 3 aromatic rings. The van der Waals surface area contributed by atoms with Crippen LogP contribution in [0.3, 0.4) is 0 Å². The van der Waals surface area contributed by atoms with Crippen molar-refractivity contribution >= 4 is 17.0 Å². The summed E-state index contributed by atoms with van der Waals surface area (Å²) in [5.74, 6) is 0. The number of likely N-dealkylation sites (N-methyl/N-ethyl adjacent to an activating group) is 1. The van der Waals surface area contributed by atoms with Crippen molar-refractivity contribution in [3.05, 3.63) is 60.0 Å². The second kappa shape index (κ2) is 6.71. The van der Waals surface area contributed by atoms with Gasteiger partial charge < -0.3 is 19.7 Å². The van der Waals surface area contributed by atoms with Crippen LogP contribution in [0.25, 0.3) is 5.65 Å². The van der Waals surface area contributed by atoms with Crippen LogP contribution in [0, 0.1) is 6.92 Å². The highest BCUT2D eigenvalue weighted by Gasteiger charge is 2.04. The molecule has 0 atom stereocenters. The van der Waals surface area contributed by atoms with Gasteiger partial charge in [-0.2, -0.15) is 0 Å². The normalized spacial score (nSPS) is 10.9. The number of benzene rings is 1. The Morgan fingerprint density at radius 2 is 2.00 bits per heavy atom. The highest BCUT2D eigenvalue weighted by atomic mass is 16.3. The molecule has 0 saturated carbocycles. The van der Waals surface area contributed by atoms with Gasteiger partial charge in [0.1, 0.15) is 5.65 Å². The maximum absolute atomic E-state index is 8.98. The van der Waals surface area contributed by atoms with E-state index in [9.17, 15) is 0 Å². The summed E-state index contributed by atoms with van der Waals surface area (Å²) in [7, 11) is 1.97. The highest BCUT2D eigenvalue weighted by molar-refractivity contribution is 5.55. The van der Waals surface area contributed by atoms with Crippen molar-refractivity contribution in [2.24, 2.45) is 0 Å². The van der Waals surface area contributed by atoms with Crippen LogP contribution >= 0.6 is 0 Å². The fourth-order valence-corrected chi connectivity index (χ4v) is 2.57. The van der Waals surface area contributed by atoms with Crippen molar-refractivity contribution in [3.8, 4) is 0 Å². The lowest BCUT2D eigenvalue weighted by Gasteiger charge is -2.18. The Hall–Kier alpha value is -2.53. The Kier molecular flexibility index (Phi) is 4.48. The van der Waals surface area contributed by atoms with Gasteiger partial charge in [-0.1, -0.05) is 0 Å². The molecule has 0 radical (unpaired) electrons. The largest absolute Gasteiger partial charge is 0.395 e. The molecule has 0 fully saturated rings. The number of imidazole rings is 1. The van der Waals surface area contributed by atoms with Gasteiger partial charge in [-0.3, -0.25) is 0 Å². The minimum Gasteiger partial charge on any atom is -0.395 e. The molecule has 0 spiro atoms. The van der Waals surface area contributed by atoms with Gasteiger partial charge in [0.2, 0.25) is 0 Å². The number of pyridine rings is 1. The van der Waals surface area contributed by atoms with Gasteiger partial charge in [-0.15, -0.1) is 0 Å². The number of aromatic nitrogens is 2. The topological polar surface area (TPSA) is 52.8 Å². The zero-order chi connectivity index (χ0) is 16.2. The summed E-state index contributed by atoms with van der Waals surface area (Å²) < 4.78 is 2.10. The number of nitrogens with zero attached hydrogens (tertiary/aromatic N) is 3. The van der Waals surface area contributed by atoms with E-state index in [2.05, 4.69) is 64.2 Å². The summed E-state index contributed by atoms with van der Waals surface area (Å²) in [6.07, 6.45) is 3.97. The Bertz CT molecular complexity index is 779. The molecule has 0 amide bonds. The van der Waals surface area contributed by atoms with Crippen LogP contribution < -0.4 is 10.2 Å². The first kappa shape index (κ1) is 15.4. The Labute approximate surface area is 136 Å². The van der Waals surface area contributed by atoms with Crippen LogP contribution in [0.1, 0.15) is 11.3 Å². The molecule has 2 aromatic heterocycles. The zero-order valence-corrected chi connectivity index (χ0v) is 13.5. The van der Waals surface area contributed by atoms with Crippen LogP contribution in [0.2, 0.25) is 0 Å². The van der Waals surface area contributed by atoms with Crippen molar-refractivity contribution < 1.29 is 5.11 Å². The molecule has 3 rings (SSSR count). The third-order valence-corrected chi connectivity index (χ3v) is 3.96. The molecule has 0 bridgehead atoms. The maximum Gasteiger partial charge on any atom is 0.137 e. The molecule has 2 N–H and O–H groups in total. The number of fused-ring (bicyclic) bond motifs is 1. The van der Waals surface area contributed by atoms with Crippen molar-refractivity contribution in [1.29, 1.82) is 0 Å². The number of hydrogen-bond acceptors (Lipinski definition) is 4. The van der Waals surface area contributed by atoms with E-state index in [0.717, 1.165) is 29.3 Å². The van der Waals surface area contributed by atoms with Crippen LogP contribution in [0.15, 0.2) is 48.8 Å². The summed E-state index contributed by atoms with van der Waals surface area (Å²) in [5.41, 5.74) is 5.47. The van der Waals surface area contributed by atoms with E-state index in [1.807, 2.05) is 18.1 Å². The Balaban J connectivity index is 1.67. The van der Waals surface area contributed by atoms with E-state index in [1.54, 1.807) is 0 Å². The average Bonchev–Trinajstić information content (AvgIpc) is 2.95. The molecule has 1 aromatic carbocycles. The van der Waals surface area contributed by atoms with E-state index in [1.165, 1.54) is 5.56 Å². The summed E-state index contributed by atoms with van der Waals surface area (Å²) >= 11 is 0. The molecule has 5 heteroatoms. The van der Waals surface area contributed by atoms with Gasteiger partial charge in [0.05, 0.1) is 25.0 Å². The number of anilines is 2.